The predicted molar refractivity (Wildman–Crippen MR) is 66.0 cm³/mol. The van der Waals surface area contributed by atoms with Crippen molar-refractivity contribution in [1.82, 2.24) is 9.97 Å². The van der Waals surface area contributed by atoms with Crippen LogP contribution in [-0.2, 0) is 0 Å². The first-order valence-corrected chi connectivity index (χ1v) is 5.47. The highest BCUT2D eigenvalue weighted by Gasteiger charge is 1.99. The van der Waals surface area contributed by atoms with E-state index in [0.717, 1.165) is 16.2 Å². The molecule has 1 N–H and O–H groups in total. The summed E-state index contributed by atoms with van der Waals surface area (Å²) in [5.41, 5.74) is 0. The predicted octanol–water partition coefficient (Wildman–Crippen LogP) is 2.99. The minimum atomic E-state index is 0.699. The van der Waals surface area contributed by atoms with Crippen molar-refractivity contribution in [2.24, 2.45) is 0 Å². The van der Waals surface area contributed by atoms with Crippen LogP contribution in [0.1, 0.15) is 0 Å². The van der Waals surface area contributed by atoms with Gasteiger partial charge in [-0.25, -0.2) is 9.97 Å². The molecule has 82 valence electrons. The van der Waals surface area contributed by atoms with Crippen LogP contribution in [0.2, 0.25) is 0 Å². The fourth-order valence-electron chi connectivity index (χ4n) is 1.22. The molecule has 0 spiro atoms. The van der Waals surface area contributed by atoms with E-state index in [9.17, 15) is 0 Å². The van der Waals surface area contributed by atoms with Gasteiger partial charge in [0.1, 0.15) is 22.0 Å². The molecule has 0 aliphatic heterocycles. The van der Waals surface area contributed by atoms with Crippen molar-refractivity contribution in [3.8, 4) is 5.75 Å². The molecule has 5 heteroatoms. The van der Waals surface area contributed by atoms with Gasteiger partial charge in [0.05, 0.1) is 7.11 Å². The molecule has 2 rings (SSSR count). The molecule has 0 aromatic carbocycles. The fourth-order valence-corrected chi connectivity index (χ4v) is 1.56. The topological polar surface area (TPSA) is 47.0 Å². The Morgan fingerprint density at radius 2 is 2.12 bits per heavy atom. The van der Waals surface area contributed by atoms with Crippen LogP contribution in [0.25, 0.3) is 0 Å². The third-order valence-electron chi connectivity index (χ3n) is 1.94. The molecule has 2 aromatic heterocycles. The quantitative estimate of drug-likeness (QED) is 0.878. The molecule has 2 heterocycles. The van der Waals surface area contributed by atoms with Crippen molar-refractivity contribution in [2.45, 2.75) is 0 Å². The van der Waals surface area contributed by atoms with E-state index in [0.29, 0.717) is 5.82 Å². The maximum Gasteiger partial charge on any atom is 0.135 e. The Morgan fingerprint density at radius 1 is 1.25 bits per heavy atom. The Kier molecular flexibility index (Phi) is 3.36. The maximum atomic E-state index is 5.11. The van der Waals surface area contributed by atoms with Crippen LogP contribution in [0.15, 0.2) is 41.1 Å². The molecular weight excluding hydrogens is 270 g/mol. The summed E-state index contributed by atoms with van der Waals surface area (Å²) in [5, 5.41) is 3.09. The molecule has 0 radical (unpaired) electrons. The van der Waals surface area contributed by atoms with Crippen LogP contribution < -0.4 is 10.1 Å². The standard InChI is InChI=1S/C11H10BrN3O/c1-16-8-5-6-13-11(7-8)15-10-4-2-3-9(12)14-10/h2-7H,1H3,(H,13,14,15). The first-order chi connectivity index (χ1) is 7.78. The monoisotopic (exact) mass is 279 g/mol. The van der Waals surface area contributed by atoms with Gasteiger partial charge in [0, 0.05) is 12.3 Å². The molecule has 4 nitrogen and oxygen atoms in total. The minimum Gasteiger partial charge on any atom is -0.497 e. The lowest BCUT2D eigenvalue weighted by molar-refractivity contribution is 0.414. The van der Waals surface area contributed by atoms with E-state index in [4.69, 9.17) is 4.74 Å². The van der Waals surface area contributed by atoms with Crippen LogP contribution in [-0.4, -0.2) is 17.1 Å². The number of pyridine rings is 2. The summed E-state index contributed by atoms with van der Waals surface area (Å²) in [6.07, 6.45) is 1.68. The molecule has 0 bridgehead atoms. The molecule has 0 amide bonds. The molecule has 0 fully saturated rings. The number of nitrogens with one attached hydrogen (secondary N) is 1. The number of nitrogens with zero attached hydrogens (tertiary/aromatic N) is 2. The van der Waals surface area contributed by atoms with E-state index in [2.05, 4.69) is 31.2 Å². The maximum absolute atomic E-state index is 5.11. The normalized spacial score (nSPS) is 9.88. The smallest absolute Gasteiger partial charge is 0.135 e. The van der Waals surface area contributed by atoms with E-state index < -0.39 is 0 Å². The molecule has 0 saturated carbocycles. The second-order valence-corrected chi connectivity index (χ2v) is 3.86. The lowest BCUT2D eigenvalue weighted by Gasteiger charge is -2.06. The number of hydrogen-bond acceptors (Lipinski definition) is 4. The second-order valence-electron chi connectivity index (χ2n) is 3.05. The molecule has 0 saturated heterocycles. The molecular formula is C11H10BrN3O. The van der Waals surface area contributed by atoms with Gasteiger partial charge >= 0.3 is 0 Å². The second kappa shape index (κ2) is 4.94. The highest BCUT2D eigenvalue weighted by molar-refractivity contribution is 9.10. The number of ether oxygens (including phenoxy) is 1. The highest BCUT2D eigenvalue weighted by atomic mass is 79.9. The zero-order chi connectivity index (χ0) is 11.4. The molecule has 16 heavy (non-hydrogen) atoms. The summed E-state index contributed by atoms with van der Waals surface area (Å²) < 4.78 is 5.88. The summed E-state index contributed by atoms with van der Waals surface area (Å²) in [7, 11) is 1.62. The van der Waals surface area contributed by atoms with E-state index in [-0.39, 0.29) is 0 Å². The number of anilines is 2. The first kappa shape index (κ1) is 10.9. The lowest BCUT2D eigenvalue weighted by atomic mass is 10.4. The number of methoxy groups -OCH3 is 1. The van der Waals surface area contributed by atoms with Gasteiger partial charge in [-0.2, -0.15) is 0 Å². The third kappa shape index (κ3) is 2.70. The van der Waals surface area contributed by atoms with Crippen molar-refractivity contribution in [1.29, 1.82) is 0 Å². The third-order valence-corrected chi connectivity index (χ3v) is 2.38. The Labute approximate surface area is 102 Å². The molecule has 2 aromatic rings. The average Bonchev–Trinajstić information content (AvgIpc) is 2.29. The Balaban J connectivity index is 2.20. The Bertz CT molecular complexity index is 490. The highest BCUT2D eigenvalue weighted by Crippen LogP contribution is 2.18. The van der Waals surface area contributed by atoms with Crippen molar-refractivity contribution >= 4 is 27.6 Å². The van der Waals surface area contributed by atoms with Gasteiger partial charge in [-0.15, -0.1) is 0 Å². The average molecular weight is 280 g/mol. The van der Waals surface area contributed by atoms with Crippen LogP contribution in [0, 0.1) is 0 Å². The van der Waals surface area contributed by atoms with Crippen LogP contribution in [0.4, 0.5) is 11.6 Å². The van der Waals surface area contributed by atoms with Crippen molar-refractivity contribution in [3.63, 3.8) is 0 Å². The molecule has 0 unspecified atom stereocenters. The minimum absolute atomic E-state index is 0.699. The zero-order valence-electron chi connectivity index (χ0n) is 8.64. The van der Waals surface area contributed by atoms with E-state index in [1.54, 1.807) is 19.4 Å². The van der Waals surface area contributed by atoms with Gasteiger partial charge in [-0.1, -0.05) is 6.07 Å². The van der Waals surface area contributed by atoms with Crippen molar-refractivity contribution in [2.75, 3.05) is 12.4 Å². The van der Waals surface area contributed by atoms with Gasteiger partial charge in [0.15, 0.2) is 0 Å². The summed E-state index contributed by atoms with van der Waals surface area (Å²) in [4.78, 5) is 8.41. The lowest BCUT2D eigenvalue weighted by Crippen LogP contribution is -1.96. The van der Waals surface area contributed by atoms with Gasteiger partial charge in [-0.05, 0) is 34.1 Å². The fraction of sp³-hybridized carbons (Fsp3) is 0.0909. The zero-order valence-corrected chi connectivity index (χ0v) is 10.2. The molecule has 0 aliphatic rings. The van der Waals surface area contributed by atoms with E-state index in [1.807, 2.05) is 24.3 Å². The summed E-state index contributed by atoms with van der Waals surface area (Å²) >= 11 is 3.31. The van der Waals surface area contributed by atoms with Gasteiger partial charge < -0.3 is 10.1 Å². The number of halogens is 1. The summed E-state index contributed by atoms with van der Waals surface area (Å²) in [5.74, 6) is 2.19. The summed E-state index contributed by atoms with van der Waals surface area (Å²) in [6, 6.07) is 9.23. The Morgan fingerprint density at radius 3 is 2.88 bits per heavy atom. The van der Waals surface area contributed by atoms with Crippen molar-refractivity contribution < 1.29 is 4.74 Å². The van der Waals surface area contributed by atoms with Gasteiger partial charge in [0.25, 0.3) is 0 Å². The number of rotatable bonds is 3. The van der Waals surface area contributed by atoms with E-state index >= 15 is 0 Å². The van der Waals surface area contributed by atoms with Crippen LogP contribution in [0.5, 0.6) is 5.75 Å². The van der Waals surface area contributed by atoms with Crippen LogP contribution in [0.3, 0.4) is 0 Å². The SMILES string of the molecule is COc1ccnc(Nc2cccc(Br)n2)c1. The summed E-state index contributed by atoms with van der Waals surface area (Å²) in [6.45, 7) is 0. The number of hydrogen-bond donors (Lipinski definition) is 1. The van der Waals surface area contributed by atoms with Crippen molar-refractivity contribution in [3.05, 3.63) is 41.1 Å². The molecule has 0 aliphatic carbocycles. The van der Waals surface area contributed by atoms with Gasteiger partial charge in [-0.3, -0.25) is 0 Å². The van der Waals surface area contributed by atoms with Crippen LogP contribution >= 0.6 is 15.9 Å². The number of aromatic nitrogens is 2. The Hall–Kier alpha value is -1.62. The first-order valence-electron chi connectivity index (χ1n) is 4.67. The van der Waals surface area contributed by atoms with Gasteiger partial charge in [0.2, 0.25) is 0 Å². The largest absolute Gasteiger partial charge is 0.497 e. The molecule has 0 atom stereocenters. The van der Waals surface area contributed by atoms with E-state index in [1.165, 1.54) is 0 Å².